The van der Waals surface area contributed by atoms with Crippen molar-refractivity contribution in [2.24, 2.45) is 17.8 Å². The van der Waals surface area contributed by atoms with Gasteiger partial charge in [-0.2, -0.15) is 0 Å². The van der Waals surface area contributed by atoms with Gasteiger partial charge < -0.3 is 0 Å². The molecule has 0 saturated heterocycles. The summed E-state index contributed by atoms with van der Waals surface area (Å²) in [5.74, 6) is 2.77. The zero-order valence-corrected chi connectivity index (χ0v) is 17.0. The number of unbranched alkanes of at least 4 members (excludes halogenated alkanes) is 1. The first-order valence-corrected chi connectivity index (χ1v) is 10.8. The Morgan fingerprint density at radius 3 is 2.00 bits per heavy atom. The molecule has 0 aliphatic heterocycles. The Morgan fingerprint density at radius 2 is 1.42 bits per heavy atom. The zero-order valence-electron chi connectivity index (χ0n) is 17.0. The van der Waals surface area contributed by atoms with Crippen molar-refractivity contribution in [1.29, 1.82) is 0 Å². The van der Waals surface area contributed by atoms with Gasteiger partial charge in [-0.15, -0.1) is 0 Å². The molecule has 0 aromatic heterocycles. The lowest BCUT2D eigenvalue weighted by molar-refractivity contribution is 0.205. The first kappa shape index (κ1) is 19.2. The Balaban J connectivity index is 1.52. The van der Waals surface area contributed by atoms with Gasteiger partial charge in [-0.1, -0.05) is 100 Å². The lowest BCUT2D eigenvalue weighted by Gasteiger charge is -2.32. The fraction of sp³-hybridized carbons (Fsp3) is 0.538. The van der Waals surface area contributed by atoms with Crippen molar-refractivity contribution >= 4 is 0 Å². The van der Waals surface area contributed by atoms with Crippen LogP contribution in [0.15, 0.2) is 48.5 Å². The highest BCUT2D eigenvalue weighted by Gasteiger charge is 2.24. The first-order valence-electron chi connectivity index (χ1n) is 10.8. The second-order valence-corrected chi connectivity index (χ2v) is 8.67. The molecule has 0 N–H and O–H groups in total. The molecule has 0 spiro atoms. The van der Waals surface area contributed by atoms with E-state index in [0.29, 0.717) is 0 Å². The first-order chi connectivity index (χ1) is 12.7. The van der Waals surface area contributed by atoms with Gasteiger partial charge in [-0.25, -0.2) is 0 Å². The van der Waals surface area contributed by atoms with Crippen LogP contribution in [0.2, 0.25) is 0 Å². The summed E-state index contributed by atoms with van der Waals surface area (Å²) in [6, 6.07) is 18.1. The van der Waals surface area contributed by atoms with Crippen LogP contribution in [0.5, 0.6) is 0 Å². The van der Waals surface area contributed by atoms with Gasteiger partial charge in [0.15, 0.2) is 0 Å². The van der Waals surface area contributed by atoms with Crippen molar-refractivity contribution < 1.29 is 0 Å². The van der Waals surface area contributed by atoms with E-state index < -0.39 is 0 Å². The molecule has 2 aromatic carbocycles. The lowest BCUT2D eigenvalue weighted by Crippen LogP contribution is -2.21. The molecule has 1 fully saturated rings. The number of hydrogen-bond donors (Lipinski definition) is 0. The average molecular weight is 349 g/mol. The van der Waals surface area contributed by atoms with Gasteiger partial charge in [-0.05, 0) is 60.6 Å². The van der Waals surface area contributed by atoms with Gasteiger partial charge in [0, 0.05) is 0 Å². The number of benzene rings is 2. The van der Waals surface area contributed by atoms with Gasteiger partial charge in [-0.3, -0.25) is 0 Å². The minimum atomic E-state index is 0.812. The highest BCUT2D eigenvalue weighted by Crippen LogP contribution is 2.36. The van der Waals surface area contributed by atoms with Gasteiger partial charge in [0.05, 0.1) is 0 Å². The van der Waals surface area contributed by atoms with Crippen LogP contribution in [0.3, 0.4) is 0 Å². The van der Waals surface area contributed by atoms with Crippen molar-refractivity contribution in [3.63, 3.8) is 0 Å². The normalized spacial score (nSPS) is 21.5. The maximum atomic E-state index is 2.48. The Kier molecular flexibility index (Phi) is 6.94. The Morgan fingerprint density at radius 1 is 0.846 bits per heavy atom. The average Bonchev–Trinajstić information content (AvgIpc) is 2.68. The summed E-state index contributed by atoms with van der Waals surface area (Å²) >= 11 is 0. The maximum absolute atomic E-state index is 2.48. The van der Waals surface area contributed by atoms with E-state index in [1.54, 1.807) is 0 Å². The summed E-state index contributed by atoms with van der Waals surface area (Å²) in [6.07, 6.45) is 11.3. The van der Waals surface area contributed by atoms with Gasteiger partial charge in [0.25, 0.3) is 0 Å². The van der Waals surface area contributed by atoms with Crippen LogP contribution in [0.4, 0.5) is 0 Å². The second-order valence-electron chi connectivity index (χ2n) is 8.67. The fourth-order valence-corrected chi connectivity index (χ4v) is 4.66. The fourth-order valence-electron chi connectivity index (χ4n) is 4.66. The molecule has 0 heteroatoms. The van der Waals surface area contributed by atoms with Crippen molar-refractivity contribution in [1.82, 2.24) is 0 Å². The molecule has 0 nitrogen and oxygen atoms in total. The van der Waals surface area contributed by atoms with Crippen molar-refractivity contribution in [2.75, 3.05) is 0 Å². The summed E-state index contributed by atoms with van der Waals surface area (Å²) in [7, 11) is 0. The molecule has 3 rings (SSSR count). The molecular weight excluding hydrogens is 312 g/mol. The standard InChI is InChI=1S/C26H36/c1-4-5-6-22-9-15-24(16-10-22)21(3)19-23-11-17-26(18-12-23)25-13-7-20(2)8-14-25/h7-8,11-14,17-18,21-22,24H,4-6,9-10,15-16,19H2,1-3H3. The molecule has 1 aliphatic carbocycles. The molecule has 1 saturated carbocycles. The van der Waals surface area contributed by atoms with E-state index in [2.05, 4.69) is 69.3 Å². The van der Waals surface area contributed by atoms with Crippen LogP contribution in [-0.4, -0.2) is 0 Å². The summed E-state index contributed by atoms with van der Waals surface area (Å²) < 4.78 is 0. The molecule has 2 aromatic rings. The third kappa shape index (κ3) is 5.22. The number of hydrogen-bond acceptors (Lipinski definition) is 0. The smallest absolute Gasteiger partial charge is 0.0184 e. The molecular formula is C26H36. The SMILES string of the molecule is CCCCC1CCC(C(C)Cc2ccc(-c3ccc(C)cc3)cc2)CC1. The van der Waals surface area contributed by atoms with Crippen LogP contribution in [0.1, 0.15) is 69.9 Å². The van der Waals surface area contributed by atoms with Crippen LogP contribution < -0.4 is 0 Å². The van der Waals surface area contributed by atoms with E-state index in [1.165, 1.54) is 73.6 Å². The summed E-state index contributed by atoms with van der Waals surface area (Å²) in [4.78, 5) is 0. The highest BCUT2D eigenvalue weighted by atomic mass is 14.3. The molecule has 0 bridgehead atoms. The van der Waals surface area contributed by atoms with Crippen molar-refractivity contribution in [3.8, 4) is 11.1 Å². The van der Waals surface area contributed by atoms with E-state index >= 15 is 0 Å². The molecule has 26 heavy (non-hydrogen) atoms. The third-order valence-electron chi connectivity index (χ3n) is 6.56. The molecule has 0 radical (unpaired) electrons. The molecule has 1 aliphatic rings. The van der Waals surface area contributed by atoms with Gasteiger partial charge >= 0.3 is 0 Å². The number of aryl methyl sites for hydroxylation is 1. The number of rotatable bonds is 7. The van der Waals surface area contributed by atoms with E-state index in [0.717, 1.165) is 17.8 Å². The molecule has 1 unspecified atom stereocenters. The Bertz CT molecular complexity index is 641. The molecule has 140 valence electrons. The summed E-state index contributed by atoms with van der Waals surface area (Å²) in [5.41, 5.74) is 5.48. The van der Waals surface area contributed by atoms with Crippen LogP contribution >= 0.6 is 0 Å². The monoisotopic (exact) mass is 348 g/mol. The summed E-state index contributed by atoms with van der Waals surface area (Å²) in [5, 5.41) is 0. The quantitative estimate of drug-likeness (QED) is 0.478. The van der Waals surface area contributed by atoms with Crippen molar-refractivity contribution in [3.05, 3.63) is 59.7 Å². The van der Waals surface area contributed by atoms with E-state index in [9.17, 15) is 0 Å². The second kappa shape index (κ2) is 9.40. The van der Waals surface area contributed by atoms with E-state index in [1.807, 2.05) is 0 Å². The van der Waals surface area contributed by atoms with E-state index in [-0.39, 0.29) is 0 Å². The largest absolute Gasteiger partial charge is 0.0654 e. The maximum Gasteiger partial charge on any atom is -0.0184 e. The van der Waals surface area contributed by atoms with Crippen LogP contribution in [0.25, 0.3) is 11.1 Å². The topological polar surface area (TPSA) is 0 Å². The van der Waals surface area contributed by atoms with Crippen LogP contribution in [0, 0.1) is 24.7 Å². The predicted molar refractivity (Wildman–Crippen MR) is 114 cm³/mol. The Hall–Kier alpha value is -1.56. The minimum Gasteiger partial charge on any atom is -0.0654 e. The van der Waals surface area contributed by atoms with Gasteiger partial charge in [0.2, 0.25) is 0 Å². The molecule has 0 amide bonds. The van der Waals surface area contributed by atoms with Gasteiger partial charge in [0.1, 0.15) is 0 Å². The van der Waals surface area contributed by atoms with Crippen LogP contribution in [-0.2, 0) is 6.42 Å². The Labute approximate surface area is 161 Å². The molecule has 0 heterocycles. The highest BCUT2D eigenvalue weighted by molar-refractivity contribution is 5.63. The van der Waals surface area contributed by atoms with Crippen molar-refractivity contribution in [2.45, 2.75) is 72.1 Å². The predicted octanol–water partition coefficient (Wildman–Crippen LogP) is 7.84. The third-order valence-corrected chi connectivity index (χ3v) is 6.56. The van der Waals surface area contributed by atoms with E-state index in [4.69, 9.17) is 0 Å². The minimum absolute atomic E-state index is 0.812. The lowest BCUT2D eigenvalue weighted by atomic mass is 9.73. The summed E-state index contributed by atoms with van der Waals surface area (Å²) in [6.45, 7) is 6.94. The molecule has 1 atom stereocenters. The zero-order chi connectivity index (χ0) is 18.4.